The van der Waals surface area contributed by atoms with E-state index in [-0.39, 0.29) is 5.91 Å². The van der Waals surface area contributed by atoms with E-state index in [9.17, 15) is 9.59 Å². The second-order valence-corrected chi connectivity index (χ2v) is 8.58. The number of esters is 1. The molecule has 31 heavy (non-hydrogen) atoms. The first-order valence-corrected chi connectivity index (χ1v) is 11.0. The standard InChI is InChI=1S/C25H27NO4S/c1-6-13-30-25(28)22-21(19-8-7-15(2)16(3)14-19)17(4)31-24(22)26-23(27)18-9-11-20(29-5)12-10-18/h7-12,14H,6,13H2,1-5H3,(H,26,27). The van der Waals surface area contributed by atoms with Gasteiger partial charge < -0.3 is 14.8 Å². The minimum atomic E-state index is -0.426. The average Bonchev–Trinajstić information content (AvgIpc) is 3.09. The minimum absolute atomic E-state index is 0.292. The molecule has 0 saturated heterocycles. The van der Waals surface area contributed by atoms with Crippen molar-refractivity contribution in [2.75, 3.05) is 19.0 Å². The number of nitrogens with one attached hydrogen (secondary N) is 1. The lowest BCUT2D eigenvalue weighted by molar-refractivity contribution is 0.0507. The number of methoxy groups -OCH3 is 1. The number of hydrogen-bond acceptors (Lipinski definition) is 5. The number of anilines is 1. The van der Waals surface area contributed by atoms with Crippen LogP contribution in [0.5, 0.6) is 5.75 Å². The molecule has 1 amide bonds. The fraction of sp³-hybridized carbons (Fsp3) is 0.280. The van der Waals surface area contributed by atoms with E-state index in [0.717, 1.165) is 28.0 Å². The maximum absolute atomic E-state index is 13.0. The summed E-state index contributed by atoms with van der Waals surface area (Å²) < 4.78 is 10.6. The lowest BCUT2D eigenvalue weighted by Gasteiger charge is -2.11. The number of benzene rings is 2. The Labute approximate surface area is 187 Å². The van der Waals surface area contributed by atoms with Crippen molar-refractivity contribution in [1.82, 2.24) is 0 Å². The van der Waals surface area contributed by atoms with Gasteiger partial charge in [0.05, 0.1) is 13.7 Å². The maximum atomic E-state index is 13.0. The van der Waals surface area contributed by atoms with Gasteiger partial charge in [-0.1, -0.05) is 25.1 Å². The van der Waals surface area contributed by atoms with E-state index in [0.29, 0.717) is 28.5 Å². The highest BCUT2D eigenvalue weighted by Gasteiger charge is 2.26. The Hall–Kier alpha value is -3.12. The highest BCUT2D eigenvalue weighted by atomic mass is 32.1. The summed E-state index contributed by atoms with van der Waals surface area (Å²) in [7, 11) is 1.58. The first-order valence-electron chi connectivity index (χ1n) is 10.2. The fourth-order valence-corrected chi connectivity index (χ4v) is 4.32. The number of carbonyl (C=O) groups is 2. The van der Waals surface area contributed by atoms with Crippen LogP contribution in [0.15, 0.2) is 42.5 Å². The third-order valence-electron chi connectivity index (χ3n) is 5.10. The van der Waals surface area contributed by atoms with E-state index in [1.54, 1.807) is 31.4 Å². The summed E-state index contributed by atoms with van der Waals surface area (Å²) in [6.45, 7) is 8.32. The molecular formula is C25H27NO4S. The molecule has 1 N–H and O–H groups in total. The molecule has 1 aromatic heterocycles. The molecule has 162 valence electrons. The van der Waals surface area contributed by atoms with Gasteiger partial charge in [-0.2, -0.15) is 0 Å². The summed E-state index contributed by atoms with van der Waals surface area (Å²) >= 11 is 1.38. The SMILES string of the molecule is CCCOC(=O)c1c(NC(=O)c2ccc(OC)cc2)sc(C)c1-c1ccc(C)c(C)c1. The zero-order valence-corrected chi connectivity index (χ0v) is 19.3. The van der Waals surface area contributed by atoms with Crippen molar-refractivity contribution in [2.45, 2.75) is 34.1 Å². The van der Waals surface area contributed by atoms with Crippen LogP contribution in [0.2, 0.25) is 0 Å². The van der Waals surface area contributed by atoms with Crippen molar-refractivity contribution in [1.29, 1.82) is 0 Å². The monoisotopic (exact) mass is 437 g/mol. The number of aryl methyl sites for hydroxylation is 3. The van der Waals surface area contributed by atoms with Gasteiger partial charge in [0.2, 0.25) is 0 Å². The Morgan fingerprint density at radius 1 is 1.00 bits per heavy atom. The van der Waals surface area contributed by atoms with Crippen LogP contribution in [0.25, 0.3) is 11.1 Å². The third kappa shape index (κ3) is 4.97. The van der Waals surface area contributed by atoms with Crippen LogP contribution in [0.4, 0.5) is 5.00 Å². The number of thiophene rings is 1. The quantitative estimate of drug-likeness (QED) is 0.449. The summed E-state index contributed by atoms with van der Waals surface area (Å²) in [5.41, 5.74) is 4.94. The molecule has 0 aliphatic rings. The summed E-state index contributed by atoms with van der Waals surface area (Å²) in [6.07, 6.45) is 0.724. The van der Waals surface area contributed by atoms with Crippen molar-refractivity contribution in [2.24, 2.45) is 0 Å². The third-order valence-corrected chi connectivity index (χ3v) is 6.12. The second kappa shape index (κ2) is 9.79. The van der Waals surface area contributed by atoms with Crippen LogP contribution in [0, 0.1) is 20.8 Å². The van der Waals surface area contributed by atoms with E-state index < -0.39 is 5.97 Å². The molecule has 6 heteroatoms. The van der Waals surface area contributed by atoms with Crippen molar-refractivity contribution in [3.05, 3.63) is 69.6 Å². The van der Waals surface area contributed by atoms with Gasteiger partial charge in [-0.25, -0.2) is 4.79 Å². The topological polar surface area (TPSA) is 64.6 Å². The van der Waals surface area contributed by atoms with Crippen molar-refractivity contribution >= 4 is 28.2 Å². The molecule has 2 aromatic carbocycles. The lowest BCUT2D eigenvalue weighted by atomic mass is 9.97. The normalized spacial score (nSPS) is 10.6. The Balaban J connectivity index is 2.03. The van der Waals surface area contributed by atoms with Crippen LogP contribution in [-0.2, 0) is 4.74 Å². The van der Waals surface area contributed by atoms with E-state index >= 15 is 0 Å². The maximum Gasteiger partial charge on any atom is 0.341 e. The van der Waals surface area contributed by atoms with Gasteiger partial charge in [0.25, 0.3) is 5.91 Å². The minimum Gasteiger partial charge on any atom is -0.497 e. The number of amides is 1. The van der Waals surface area contributed by atoms with Crippen LogP contribution in [0.1, 0.15) is 50.1 Å². The van der Waals surface area contributed by atoms with Gasteiger partial charge >= 0.3 is 5.97 Å². The molecule has 1 heterocycles. The first-order chi connectivity index (χ1) is 14.8. The average molecular weight is 438 g/mol. The summed E-state index contributed by atoms with van der Waals surface area (Å²) in [6, 6.07) is 12.9. The highest BCUT2D eigenvalue weighted by Crippen LogP contribution is 2.41. The summed E-state index contributed by atoms with van der Waals surface area (Å²) in [5.74, 6) is -0.0473. The molecule has 0 radical (unpaired) electrons. The fourth-order valence-electron chi connectivity index (χ4n) is 3.26. The molecule has 3 rings (SSSR count). The van der Waals surface area contributed by atoms with E-state index in [1.165, 1.54) is 16.9 Å². The molecule has 3 aromatic rings. The van der Waals surface area contributed by atoms with Crippen LogP contribution in [-0.4, -0.2) is 25.6 Å². The van der Waals surface area contributed by atoms with E-state index in [4.69, 9.17) is 9.47 Å². The molecule has 0 aliphatic heterocycles. The Bertz CT molecular complexity index is 1100. The van der Waals surface area contributed by atoms with E-state index in [2.05, 4.69) is 18.3 Å². The predicted octanol–water partition coefficient (Wildman–Crippen LogP) is 6.17. The molecule has 0 atom stereocenters. The van der Waals surface area contributed by atoms with Crippen LogP contribution < -0.4 is 10.1 Å². The second-order valence-electron chi connectivity index (χ2n) is 7.35. The Morgan fingerprint density at radius 3 is 2.32 bits per heavy atom. The Kier molecular flexibility index (Phi) is 7.13. The molecule has 0 bridgehead atoms. The molecule has 0 spiro atoms. The summed E-state index contributed by atoms with van der Waals surface area (Å²) in [5, 5.41) is 3.41. The van der Waals surface area contributed by atoms with Gasteiger partial charge in [-0.05, 0) is 68.1 Å². The first kappa shape index (κ1) is 22.6. The van der Waals surface area contributed by atoms with Crippen molar-refractivity contribution in [3.8, 4) is 16.9 Å². The van der Waals surface area contributed by atoms with Crippen molar-refractivity contribution in [3.63, 3.8) is 0 Å². The molecule has 5 nitrogen and oxygen atoms in total. The zero-order chi connectivity index (χ0) is 22.5. The largest absolute Gasteiger partial charge is 0.497 e. The van der Waals surface area contributed by atoms with Gasteiger partial charge in [0.15, 0.2) is 0 Å². The number of carbonyl (C=O) groups excluding carboxylic acids is 2. The van der Waals surface area contributed by atoms with Gasteiger partial charge in [0.1, 0.15) is 16.3 Å². The van der Waals surface area contributed by atoms with Crippen molar-refractivity contribution < 1.29 is 19.1 Å². The van der Waals surface area contributed by atoms with Gasteiger partial charge in [-0.3, -0.25) is 4.79 Å². The zero-order valence-electron chi connectivity index (χ0n) is 18.5. The van der Waals surface area contributed by atoms with Crippen LogP contribution in [0.3, 0.4) is 0 Å². The molecule has 0 unspecified atom stereocenters. The van der Waals surface area contributed by atoms with Gasteiger partial charge in [0, 0.05) is 16.0 Å². The molecular weight excluding hydrogens is 410 g/mol. The van der Waals surface area contributed by atoms with Gasteiger partial charge in [-0.15, -0.1) is 11.3 Å². The number of rotatable bonds is 7. The predicted molar refractivity (Wildman–Crippen MR) is 125 cm³/mol. The smallest absolute Gasteiger partial charge is 0.341 e. The number of hydrogen-bond donors (Lipinski definition) is 1. The molecule has 0 fully saturated rings. The van der Waals surface area contributed by atoms with Crippen LogP contribution >= 0.6 is 11.3 Å². The lowest BCUT2D eigenvalue weighted by Crippen LogP contribution is -2.15. The highest BCUT2D eigenvalue weighted by molar-refractivity contribution is 7.17. The van der Waals surface area contributed by atoms with E-state index in [1.807, 2.05) is 32.9 Å². The molecule has 0 aliphatic carbocycles. The number of ether oxygens (including phenoxy) is 2. The Morgan fingerprint density at radius 2 is 1.71 bits per heavy atom. The summed E-state index contributed by atoms with van der Waals surface area (Å²) in [4.78, 5) is 26.8. The molecule has 0 saturated carbocycles.